The highest BCUT2D eigenvalue weighted by Gasteiger charge is 2.01. The van der Waals surface area contributed by atoms with Crippen LogP contribution in [-0.4, -0.2) is 27.5 Å². The molecular formula is C11H19N3S. The predicted octanol–water partition coefficient (Wildman–Crippen LogP) is 2.10. The molecule has 1 unspecified atom stereocenters. The Balaban J connectivity index is 2.14. The van der Waals surface area contributed by atoms with Gasteiger partial charge < -0.3 is 5.32 Å². The average molecular weight is 225 g/mol. The van der Waals surface area contributed by atoms with Gasteiger partial charge in [0.2, 0.25) is 0 Å². The van der Waals surface area contributed by atoms with Crippen molar-refractivity contribution in [3.8, 4) is 0 Å². The van der Waals surface area contributed by atoms with E-state index in [1.54, 1.807) is 12.5 Å². The van der Waals surface area contributed by atoms with Crippen LogP contribution in [0.3, 0.4) is 0 Å². The van der Waals surface area contributed by atoms with Gasteiger partial charge in [-0.15, -0.1) is 0 Å². The zero-order chi connectivity index (χ0) is 10.9. The molecule has 15 heavy (non-hydrogen) atoms. The minimum atomic E-state index is 0.555. The lowest BCUT2D eigenvalue weighted by Gasteiger charge is -2.12. The highest BCUT2D eigenvalue weighted by Crippen LogP contribution is 2.04. The Bertz CT molecular complexity index is 253. The second kappa shape index (κ2) is 7.65. The largest absolute Gasteiger partial charge is 0.309 e. The summed E-state index contributed by atoms with van der Waals surface area (Å²) in [6, 6.07) is 2.50. The maximum atomic E-state index is 4.17. The summed E-state index contributed by atoms with van der Waals surface area (Å²) in [6.07, 6.45) is 4.58. The smallest absolute Gasteiger partial charge is 0.115 e. The molecule has 0 aromatic carbocycles. The molecule has 1 heterocycles. The summed E-state index contributed by atoms with van der Waals surface area (Å²) in [5, 5.41) is 3.45. The Morgan fingerprint density at radius 3 is 3.07 bits per heavy atom. The van der Waals surface area contributed by atoms with E-state index in [4.69, 9.17) is 0 Å². The molecule has 0 spiro atoms. The molecule has 1 aromatic heterocycles. The maximum absolute atomic E-state index is 4.17. The fourth-order valence-electron chi connectivity index (χ4n) is 1.21. The van der Waals surface area contributed by atoms with E-state index in [2.05, 4.69) is 29.1 Å². The Kier molecular flexibility index (Phi) is 6.36. The van der Waals surface area contributed by atoms with E-state index in [9.17, 15) is 0 Å². The van der Waals surface area contributed by atoms with Crippen molar-refractivity contribution in [2.24, 2.45) is 0 Å². The van der Waals surface area contributed by atoms with Crippen LogP contribution < -0.4 is 5.32 Å². The summed E-state index contributed by atoms with van der Waals surface area (Å²) in [5.74, 6) is 2.44. The van der Waals surface area contributed by atoms with Gasteiger partial charge in [-0.3, -0.25) is 0 Å². The Morgan fingerprint density at radius 1 is 1.53 bits per heavy atom. The first kappa shape index (κ1) is 12.5. The highest BCUT2D eigenvalue weighted by molar-refractivity contribution is 7.99. The fraction of sp³-hybridized carbons (Fsp3) is 0.636. The second-order valence-electron chi connectivity index (χ2n) is 3.47. The van der Waals surface area contributed by atoms with E-state index in [1.807, 2.05) is 17.8 Å². The molecule has 3 nitrogen and oxygen atoms in total. The van der Waals surface area contributed by atoms with Gasteiger partial charge >= 0.3 is 0 Å². The molecular weight excluding hydrogens is 206 g/mol. The normalized spacial score (nSPS) is 12.7. The number of nitrogens with one attached hydrogen (secondary N) is 1. The summed E-state index contributed by atoms with van der Waals surface area (Å²) in [6.45, 7) is 5.25. The number of thioether (sulfide) groups is 1. The van der Waals surface area contributed by atoms with E-state index >= 15 is 0 Å². The lowest BCUT2D eigenvalue weighted by Crippen LogP contribution is -2.26. The van der Waals surface area contributed by atoms with Gasteiger partial charge in [0.25, 0.3) is 0 Å². The molecule has 0 radical (unpaired) electrons. The van der Waals surface area contributed by atoms with Crippen LogP contribution in [0, 0.1) is 0 Å². The molecule has 1 aromatic rings. The molecule has 0 saturated carbocycles. The van der Waals surface area contributed by atoms with Crippen molar-refractivity contribution >= 4 is 11.8 Å². The molecule has 1 rings (SSSR count). The minimum Gasteiger partial charge on any atom is -0.309 e. The fourth-order valence-corrected chi connectivity index (χ4v) is 2.02. The Labute approximate surface area is 96.1 Å². The molecule has 4 heteroatoms. The van der Waals surface area contributed by atoms with Crippen LogP contribution in [0.25, 0.3) is 0 Å². The molecule has 0 aliphatic heterocycles. The standard InChI is InChI=1S/C11H19N3S/c1-3-15-7-5-10(2)13-8-11-4-6-12-9-14-11/h4,6,9-10,13H,3,5,7-8H2,1-2H3. The summed E-state index contributed by atoms with van der Waals surface area (Å²) in [4.78, 5) is 8.06. The van der Waals surface area contributed by atoms with Crippen LogP contribution in [0.1, 0.15) is 26.0 Å². The number of nitrogens with zero attached hydrogens (tertiary/aromatic N) is 2. The topological polar surface area (TPSA) is 37.8 Å². The van der Waals surface area contributed by atoms with Crippen molar-refractivity contribution in [3.63, 3.8) is 0 Å². The molecule has 0 fully saturated rings. The van der Waals surface area contributed by atoms with E-state index in [0.717, 1.165) is 12.2 Å². The van der Waals surface area contributed by atoms with Crippen molar-refractivity contribution in [3.05, 3.63) is 24.3 Å². The van der Waals surface area contributed by atoms with Crippen LogP contribution in [0.4, 0.5) is 0 Å². The Hall–Kier alpha value is -0.610. The lowest BCUT2D eigenvalue weighted by molar-refractivity contribution is 0.532. The molecule has 0 bridgehead atoms. The van der Waals surface area contributed by atoms with Crippen LogP contribution in [0.2, 0.25) is 0 Å². The van der Waals surface area contributed by atoms with Gasteiger partial charge in [0.1, 0.15) is 6.33 Å². The minimum absolute atomic E-state index is 0.555. The van der Waals surface area contributed by atoms with E-state index in [1.165, 1.54) is 17.9 Å². The molecule has 84 valence electrons. The zero-order valence-electron chi connectivity index (χ0n) is 9.44. The van der Waals surface area contributed by atoms with Crippen molar-refractivity contribution in [2.45, 2.75) is 32.9 Å². The van der Waals surface area contributed by atoms with Gasteiger partial charge in [0.15, 0.2) is 0 Å². The summed E-state index contributed by atoms with van der Waals surface area (Å²) in [5.41, 5.74) is 1.06. The van der Waals surface area contributed by atoms with Crippen molar-refractivity contribution in [1.82, 2.24) is 15.3 Å². The van der Waals surface area contributed by atoms with Crippen molar-refractivity contribution < 1.29 is 0 Å². The zero-order valence-corrected chi connectivity index (χ0v) is 10.3. The predicted molar refractivity (Wildman–Crippen MR) is 65.9 cm³/mol. The Morgan fingerprint density at radius 2 is 2.40 bits per heavy atom. The number of hydrogen-bond donors (Lipinski definition) is 1. The van der Waals surface area contributed by atoms with E-state index in [-0.39, 0.29) is 0 Å². The third-order valence-corrected chi connectivity index (χ3v) is 3.11. The molecule has 0 saturated heterocycles. The number of rotatable bonds is 7. The van der Waals surface area contributed by atoms with Crippen molar-refractivity contribution in [1.29, 1.82) is 0 Å². The third-order valence-electron chi connectivity index (χ3n) is 2.17. The first-order valence-corrected chi connectivity index (χ1v) is 6.54. The summed E-state index contributed by atoms with van der Waals surface area (Å²) >= 11 is 1.99. The molecule has 1 atom stereocenters. The molecule has 0 aliphatic rings. The second-order valence-corrected chi connectivity index (χ2v) is 4.86. The van der Waals surface area contributed by atoms with Crippen LogP contribution in [-0.2, 0) is 6.54 Å². The van der Waals surface area contributed by atoms with Gasteiger partial charge in [-0.2, -0.15) is 11.8 Å². The first-order chi connectivity index (χ1) is 7.33. The number of aromatic nitrogens is 2. The highest BCUT2D eigenvalue weighted by atomic mass is 32.2. The summed E-state index contributed by atoms with van der Waals surface area (Å²) < 4.78 is 0. The van der Waals surface area contributed by atoms with Gasteiger partial charge in [0, 0.05) is 18.8 Å². The summed E-state index contributed by atoms with van der Waals surface area (Å²) in [7, 11) is 0. The number of hydrogen-bond acceptors (Lipinski definition) is 4. The van der Waals surface area contributed by atoms with Crippen LogP contribution in [0.5, 0.6) is 0 Å². The SMILES string of the molecule is CCSCCC(C)NCc1ccncn1. The lowest BCUT2D eigenvalue weighted by atomic mass is 10.2. The van der Waals surface area contributed by atoms with Crippen LogP contribution >= 0.6 is 11.8 Å². The third kappa shape index (κ3) is 5.74. The monoisotopic (exact) mass is 225 g/mol. The quantitative estimate of drug-likeness (QED) is 0.721. The van der Waals surface area contributed by atoms with E-state index in [0.29, 0.717) is 6.04 Å². The van der Waals surface area contributed by atoms with Gasteiger partial charge in [-0.05, 0) is 30.9 Å². The van der Waals surface area contributed by atoms with Crippen molar-refractivity contribution in [2.75, 3.05) is 11.5 Å². The van der Waals surface area contributed by atoms with Crippen LogP contribution in [0.15, 0.2) is 18.6 Å². The van der Waals surface area contributed by atoms with Gasteiger partial charge in [-0.1, -0.05) is 6.92 Å². The van der Waals surface area contributed by atoms with E-state index < -0.39 is 0 Å². The maximum Gasteiger partial charge on any atom is 0.115 e. The average Bonchev–Trinajstić information content (AvgIpc) is 2.28. The molecule has 1 N–H and O–H groups in total. The molecule has 0 amide bonds. The van der Waals surface area contributed by atoms with Gasteiger partial charge in [-0.25, -0.2) is 9.97 Å². The first-order valence-electron chi connectivity index (χ1n) is 5.39. The van der Waals surface area contributed by atoms with Gasteiger partial charge in [0.05, 0.1) is 5.69 Å². The molecule has 0 aliphatic carbocycles.